The van der Waals surface area contributed by atoms with E-state index >= 15 is 0 Å². The number of hydrogen-bond acceptors (Lipinski definition) is 7. The summed E-state index contributed by atoms with van der Waals surface area (Å²) in [5.41, 5.74) is 1.88. The van der Waals surface area contributed by atoms with E-state index in [9.17, 15) is 18.3 Å². The third-order valence-electron chi connectivity index (χ3n) is 5.18. The van der Waals surface area contributed by atoms with Crippen molar-refractivity contribution in [1.82, 2.24) is 15.0 Å². The lowest BCUT2D eigenvalue weighted by molar-refractivity contribution is -0.153. The summed E-state index contributed by atoms with van der Waals surface area (Å²) in [4.78, 5) is 11.8. The number of H-pyrrole nitrogens is 1. The van der Waals surface area contributed by atoms with Crippen molar-refractivity contribution >= 4 is 22.8 Å². The van der Waals surface area contributed by atoms with Gasteiger partial charge in [0.2, 0.25) is 0 Å². The number of aliphatic hydroxyl groups is 1. The fourth-order valence-corrected chi connectivity index (χ4v) is 3.98. The fraction of sp³-hybridized carbons (Fsp3) is 0.400. The van der Waals surface area contributed by atoms with Crippen molar-refractivity contribution in [3.05, 3.63) is 35.4 Å². The third-order valence-corrected chi connectivity index (χ3v) is 5.47. The molecule has 2 fully saturated rings. The van der Waals surface area contributed by atoms with E-state index in [4.69, 9.17) is 30.5 Å². The van der Waals surface area contributed by atoms with Crippen molar-refractivity contribution in [3.8, 4) is 23.0 Å². The van der Waals surface area contributed by atoms with E-state index in [1.165, 1.54) is 12.1 Å². The number of benzene rings is 1. The van der Waals surface area contributed by atoms with Crippen LogP contribution in [0.3, 0.4) is 0 Å². The highest BCUT2D eigenvalue weighted by atomic mass is 35.5. The average molecular weight is 472 g/mol. The van der Waals surface area contributed by atoms with E-state index in [0.717, 1.165) is 0 Å². The van der Waals surface area contributed by atoms with Crippen LogP contribution < -0.4 is 9.47 Å². The molecule has 0 amide bonds. The summed E-state index contributed by atoms with van der Waals surface area (Å²) in [5, 5.41) is 10.2. The minimum Gasteiger partial charge on any atom is -0.484 e. The molecule has 0 spiro atoms. The number of nitrogens with one attached hydrogen (secondary N) is 1. The van der Waals surface area contributed by atoms with E-state index in [1.54, 1.807) is 18.2 Å². The molecule has 170 valence electrons. The molecule has 2 aliphatic heterocycles. The molecule has 0 bridgehead atoms. The molecule has 2 saturated heterocycles. The average Bonchev–Trinajstić information content (AvgIpc) is 3.43. The highest BCUT2D eigenvalue weighted by Gasteiger charge is 2.48. The summed E-state index contributed by atoms with van der Waals surface area (Å²) >= 11 is 6.37. The monoisotopic (exact) mass is 471 g/mol. The van der Waals surface area contributed by atoms with Crippen LogP contribution in [0.15, 0.2) is 30.3 Å². The molecule has 1 aromatic carbocycles. The second kappa shape index (κ2) is 8.07. The van der Waals surface area contributed by atoms with Gasteiger partial charge in [-0.05, 0) is 30.3 Å². The van der Waals surface area contributed by atoms with Crippen molar-refractivity contribution < 1.29 is 37.2 Å². The minimum atomic E-state index is -4.41. The van der Waals surface area contributed by atoms with Gasteiger partial charge in [0.05, 0.1) is 29.4 Å². The van der Waals surface area contributed by atoms with Crippen molar-refractivity contribution in [2.45, 2.75) is 30.6 Å². The number of imidazole rings is 1. The van der Waals surface area contributed by atoms with Crippen molar-refractivity contribution in [1.29, 1.82) is 0 Å². The van der Waals surface area contributed by atoms with E-state index in [0.29, 0.717) is 27.4 Å². The Balaban J connectivity index is 1.34. The molecular formula is C20H17ClF3N3O5. The Bertz CT molecular complexity index is 1120. The number of aromatic nitrogens is 3. The van der Waals surface area contributed by atoms with Gasteiger partial charge in [0.1, 0.15) is 24.1 Å². The first-order valence-corrected chi connectivity index (χ1v) is 10.1. The number of ether oxygens (including phenoxy) is 4. The summed E-state index contributed by atoms with van der Waals surface area (Å²) < 4.78 is 58.6. The topological polar surface area (TPSA) is 98.7 Å². The van der Waals surface area contributed by atoms with E-state index < -0.39 is 31.1 Å². The zero-order valence-electron chi connectivity index (χ0n) is 16.3. The predicted molar refractivity (Wildman–Crippen MR) is 106 cm³/mol. The van der Waals surface area contributed by atoms with E-state index in [1.807, 2.05) is 0 Å². The lowest BCUT2D eigenvalue weighted by Crippen LogP contribution is -2.34. The zero-order valence-corrected chi connectivity index (χ0v) is 17.1. The lowest BCUT2D eigenvalue weighted by atomic mass is 10.1. The van der Waals surface area contributed by atoms with Crippen LogP contribution in [0.2, 0.25) is 5.02 Å². The maximum atomic E-state index is 12.3. The van der Waals surface area contributed by atoms with Gasteiger partial charge in [0.25, 0.3) is 6.01 Å². The normalized spacial score (nSPS) is 25.3. The number of hydrogen-bond donors (Lipinski definition) is 2. The summed E-state index contributed by atoms with van der Waals surface area (Å²) in [7, 11) is 0. The molecule has 2 aromatic heterocycles. The molecule has 4 heterocycles. The van der Waals surface area contributed by atoms with Crippen LogP contribution in [-0.2, 0) is 9.47 Å². The van der Waals surface area contributed by atoms with Gasteiger partial charge in [-0.1, -0.05) is 11.6 Å². The maximum absolute atomic E-state index is 12.3. The number of aliphatic hydroxyl groups excluding tert-OH is 1. The number of nitrogens with zero attached hydrogens (tertiary/aromatic N) is 2. The van der Waals surface area contributed by atoms with Gasteiger partial charge >= 0.3 is 6.18 Å². The van der Waals surface area contributed by atoms with Gasteiger partial charge in [-0.15, -0.1) is 0 Å². The molecule has 0 unspecified atom stereocenters. The Morgan fingerprint density at radius 1 is 1.12 bits per heavy atom. The van der Waals surface area contributed by atoms with Gasteiger partial charge in [0, 0.05) is 5.56 Å². The van der Waals surface area contributed by atoms with Gasteiger partial charge in [-0.25, -0.2) is 4.98 Å². The maximum Gasteiger partial charge on any atom is 0.422 e. The Hall–Kier alpha value is -2.60. The van der Waals surface area contributed by atoms with Gasteiger partial charge in [0.15, 0.2) is 18.4 Å². The first kappa shape index (κ1) is 21.3. The number of rotatable bonds is 5. The van der Waals surface area contributed by atoms with E-state index in [-0.39, 0.29) is 31.1 Å². The summed E-state index contributed by atoms with van der Waals surface area (Å²) in [5.74, 6) is 0.0788. The summed E-state index contributed by atoms with van der Waals surface area (Å²) in [6.07, 6.45) is -6.34. The molecule has 12 heteroatoms. The largest absolute Gasteiger partial charge is 0.484 e. The van der Waals surface area contributed by atoms with Crippen LogP contribution in [0.1, 0.15) is 0 Å². The number of fused-ring (bicyclic) bond motifs is 2. The molecule has 4 atom stereocenters. The van der Waals surface area contributed by atoms with Crippen LogP contribution in [-0.4, -0.2) is 70.5 Å². The van der Waals surface area contributed by atoms with Crippen molar-refractivity contribution in [2.75, 3.05) is 19.8 Å². The zero-order chi connectivity index (χ0) is 22.5. The SMILES string of the molecule is O[C@@H]1CO[C@H]2[C@@H]1OC[C@H]2Oc1nc2nc(-c3ccc(OCC(F)(F)F)cc3)c(Cl)cc2[nH]1. The molecule has 5 rings (SSSR count). The van der Waals surface area contributed by atoms with Gasteiger partial charge in [-0.2, -0.15) is 18.2 Å². The van der Waals surface area contributed by atoms with Crippen LogP contribution >= 0.6 is 11.6 Å². The highest BCUT2D eigenvalue weighted by molar-refractivity contribution is 6.33. The van der Waals surface area contributed by atoms with Crippen LogP contribution in [0.5, 0.6) is 11.8 Å². The van der Waals surface area contributed by atoms with Crippen molar-refractivity contribution in [3.63, 3.8) is 0 Å². The fourth-order valence-electron chi connectivity index (χ4n) is 3.72. The number of aromatic amines is 1. The molecular weight excluding hydrogens is 455 g/mol. The summed E-state index contributed by atoms with van der Waals surface area (Å²) in [6, 6.07) is 7.79. The summed E-state index contributed by atoms with van der Waals surface area (Å²) in [6.45, 7) is -0.924. The molecule has 0 radical (unpaired) electrons. The molecule has 0 saturated carbocycles. The Morgan fingerprint density at radius 2 is 1.88 bits per heavy atom. The Kier molecular flexibility index (Phi) is 5.36. The van der Waals surface area contributed by atoms with Gasteiger partial charge < -0.3 is 29.0 Å². The minimum absolute atomic E-state index is 0.0788. The van der Waals surface area contributed by atoms with Crippen molar-refractivity contribution in [2.24, 2.45) is 0 Å². The first-order chi connectivity index (χ1) is 15.3. The number of alkyl halides is 3. The quantitative estimate of drug-likeness (QED) is 0.590. The number of halogens is 4. The van der Waals surface area contributed by atoms with Crippen LogP contribution in [0, 0.1) is 0 Å². The molecule has 32 heavy (non-hydrogen) atoms. The second-order valence-corrected chi connectivity index (χ2v) is 7.89. The third kappa shape index (κ3) is 4.20. The molecule has 2 aliphatic rings. The van der Waals surface area contributed by atoms with Gasteiger partial charge in [-0.3, -0.25) is 0 Å². The van der Waals surface area contributed by atoms with Crippen LogP contribution in [0.25, 0.3) is 22.4 Å². The predicted octanol–water partition coefficient (Wildman–Crippen LogP) is 3.13. The van der Waals surface area contributed by atoms with E-state index in [2.05, 4.69) is 15.0 Å². The molecule has 8 nitrogen and oxygen atoms in total. The lowest BCUT2D eigenvalue weighted by Gasteiger charge is -2.15. The first-order valence-electron chi connectivity index (χ1n) is 9.71. The molecule has 3 aromatic rings. The standard InChI is InChI=1S/C20H17ClF3N3O5/c21-11-5-12-18(26-15(11)9-1-3-10(4-2-9)31-8-20(22,23)24)27-19(25-12)32-14-7-30-16-13(28)6-29-17(14)16/h1-5,13-14,16-17,28H,6-8H2,(H,25,26,27)/t13-,14-,16-,17-/m1/s1. The number of pyridine rings is 1. The Labute approximate surface area is 184 Å². The second-order valence-electron chi connectivity index (χ2n) is 7.48. The van der Waals surface area contributed by atoms with Crippen LogP contribution in [0.4, 0.5) is 13.2 Å². The Morgan fingerprint density at radius 3 is 2.62 bits per heavy atom. The smallest absolute Gasteiger partial charge is 0.422 e. The molecule has 0 aliphatic carbocycles. The highest BCUT2D eigenvalue weighted by Crippen LogP contribution is 2.33. The molecule has 2 N–H and O–H groups in total.